The van der Waals surface area contributed by atoms with Gasteiger partial charge < -0.3 is 24.0 Å². The van der Waals surface area contributed by atoms with Crippen LogP contribution in [-0.2, 0) is 17.4 Å². The number of nitriles is 1. The zero-order valence-corrected chi connectivity index (χ0v) is 38.2. The van der Waals surface area contributed by atoms with Gasteiger partial charge in [0.1, 0.15) is 23.8 Å². The number of hydrogen-bond donors (Lipinski definition) is 0. The summed E-state index contributed by atoms with van der Waals surface area (Å²) in [5.41, 5.74) is 11.1. The third-order valence-corrected chi connectivity index (χ3v) is 11.8. The molecule has 0 bridgehead atoms. The summed E-state index contributed by atoms with van der Waals surface area (Å²) < 4.78 is 6.61. The molecule has 4 aromatic heterocycles. The van der Waals surface area contributed by atoms with Crippen molar-refractivity contribution in [1.82, 2.24) is 18.8 Å². The summed E-state index contributed by atoms with van der Waals surface area (Å²) in [5.74, 6) is 0. The van der Waals surface area contributed by atoms with E-state index in [0.717, 1.165) is 64.1 Å². The Bertz CT molecular complexity index is 2220. The minimum atomic E-state index is 0. The molecule has 57 heavy (non-hydrogen) atoms. The number of unbranched alkanes of at least 4 members (excludes halogenated alkanes) is 15. The maximum Gasteiger partial charge on any atom is 0.266 e. The molecular weight excluding hydrogens is 811 g/mol. The van der Waals surface area contributed by atoms with Crippen LogP contribution in [0.15, 0.2) is 73.3 Å². The maximum absolute atomic E-state index is 10.9. The second kappa shape index (κ2) is 20.3. The largest absolute Gasteiger partial charge is 1.00 e. The van der Waals surface area contributed by atoms with Crippen molar-refractivity contribution < 1.29 is 28.5 Å². The van der Waals surface area contributed by atoms with Gasteiger partial charge in [-0.2, -0.15) is 9.83 Å². The quantitative estimate of drug-likeness (QED) is 0.0463. The van der Waals surface area contributed by atoms with E-state index >= 15 is 0 Å². The van der Waals surface area contributed by atoms with Gasteiger partial charge in [0.05, 0.1) is 11.1 Å². The molecule has 0 radical (unpaired) electrons. The van der Waals surface area contributed by atoms with Crippen molar-refractivity contribution in [2.24, 2.45) is 0 Å². The molecule has 6 rings (SSSR count). The fourth-order valence-corrected chi connectivity index (χ4v) is 8.47. The lowest BCUT2D eigenvalue weighted by Gasteiger charge is -2.20. The number of imidazole rings is 2. The highest BCUT2D eigenvalue weighted by Gasteiger charge is 2.32. The summed E-state index contributed by atoms with van der Waals surface area (Å²) in [7, 11) is 0. The predicted octanol–water partition coefficient (Wildman–Crippen LogP) is 10.5. The Morgan fingerprint density at radius 1 is 0.579 bits per heavy atom. The normalized spacial score (nSPS) is 12.1. The van der Waals surface area contributed by atoms with E-state index in [1.54, 1.807) is 0 Å². The molecule has 0 aliphatic heterocycles. The van der Waals surface area contributed by atoms with E-state index in [1.807, 2.05) is 23.0 Å². The van der Waals surface area contributed by atoms with Crippen LogP contribution in [0.3, 0.4) is 0 Å². The summed E-state index contributed by atoms with van der Waals surface area (Å²) in [6.07, 6.45) is 29.1. The molecule has 0 spiro atoms. The number of nitrogens with zero attached hydrogens (tertiary/aromatic N) is 6. The van der Waals surface area contributed by atoms with Crippen molar-refractivity contribution in [3.8, 4) is 28.5 Å². The van der Waals surface area contributed by atoms with Crippen molar-refractivity contribution in [3.63, 3.8) is 0 Å². The second-order valence-electron chi connectivity index (χ2n) is 18.2. The molecule has 7 heteroatoms. The van der Waals surface area contributed by atoms with Gasteiger partial charge in [-0.3, -0.25) is 8.80 Å². The molecule has 0 saturated heterocycles. The smallest absolute Gasteiger partial charge is 0.266 e. The number of pyridine rings is 1. The van der Waals surface area contributed by atoms with Gasteiger partial charge in [0, 0.05) is 31.2 Å². The molecule has 0 N–H and O–H groups in total. The van der Waals surface area contributed by atoms with Crippen molar-refractivity contribution in [3.05, 3.63) is 90.1 Å². The molecule has 4 heterocycles. The van der Waals surface area contributed by atoms with Gasteiger partial charge in [-0.15, -0.1) is 0 Å². The lowest BCUT2D eigenvalue weighted by Crippen LogP contribution is -3.00. The number of rotatable bonds is 19. The monoisotopic (exact) mass is 878 g/mol. The number of benzene rings is 2. The molecule has 0 aliphatic carbocycles. The van der Waals surface area contributed by atoms with E-state index in [9.17, 15) is 5.26 Å². The van der Waals surface area contributed by atoms with E-state index in [2.05, 4.69) is 118 Å². The molecule has 2 aromatic carbocycles. The number of aromatic nitrogens is 5. The summed E-state index contributed by atoms with van der Waals surface area (Å²) >= 11 is 0. The van der Waals surface area contributed by atoms with Gasteiger partial charge in [-0.1, -0.05) is 175 Å². The van der Waals surface area contributed by atoms with Crippen LogP contribution in [0.5, 0.6) is 0 Å². The maximum atomic E-state index is 10.9. The van der Waals surface area contributed by atoms with Crippen LogP contribution in [-0.4, -0.2) is 18.8 Å². The second-order valence-corrected chi connectivity index (χ2v) is 18.2. The molecule has 304 valence electrons. The Hall–Kier alpha value is -3.77. The standard InChI is InChI=1S/C50H67N6.HI/c1-8-9-10-11-12-13-14-15-16-17-18-19-20-21-22-23-34-55-44(39-26-30-41(31-27-39)50(5,6)7)48-53-33-36-56(48)46-43(38-24-28-40(29-25-38)49(2,3)4)47-52-32-35-54(47)42(37-51)45(46)55;/h24-33,35-36H,8-23,34H2,1-7H3;1H/q+1;/p-1. The first-order chi connectivity index (χ1) is 27.0. The SMILES string of the molecule is CCCCCCCCCCCCCCCCCC[n+]1c(-c2ccc(C(C)(C)C)cc2)c2nccn2c2c(-c3ccc(C(C)(C)C)cc3)c3nccn3c(C#N)c21.[I-]. The van der Waals surface area contributed by atoms with Gasteiger partial charge in [0.15, 0.2) is 0 Å². The third-order valence-electron chi connectivity index (χ3n) is 11.8. The highest BCUT2D eigenvalue weighted by Crippen LogP contribution is 2.37. The van der Waals surface area contributed by atoms with Crippen LogP contribution in [0.25, 0.3) is 44.7 Å². The Balaban J connectivity index is 0.00000620. The van der Waals surface area contributed by atoms with Gasteiger partial charge in [-0.05, 0) is 46.1 Å². The van der Waals surface area contributed by atoms with E-state index < -0.39 is 0 Å². The van der Waals surface area contributed by atoms with E-state index in [-0.39, 0.29) is 34.8 Å². The van der Waals surface area contributed by atoms with Crippen molar-refractivity contribution in [1.29, 1.82) is 5.26 Å². The third kappa shape index (κ3) is 10.5. The summed E-state index contributed by atoms with van der Waals surface area (Å²) in [6, 6.07) is 20.5. The average molecular weight is 879 g/mol. The number of aryl methyl sites for hydroxylation is 1. The van der Waals surface area contributed by atoms with E-state index in [1.165, 1.54) is 101 Å². The van der Waals surface area contributed by atoms with Gasteiger partial charge in [0.2, 0.25) is 11.3 Å². The number of halogens is 1. The van der Waals surface area contributed by atoms with Crippen molar-refractivity contribution in [2.75, 3.05) is 0 Å². The van der Waals surface area contributed by atoms with Gasteiger partial charge in [-0.25, -0.2) is 9.97 Å². The minimum absolute atomic E-state index is 0. The Kier molecular flexibility index (Phi) is 15.8. The fourth-order valence-electron chi connectivity index (χ4n) is 8.47. The van der Waals surface area contributed by atoms with Crippen molar-refractivity contribution in [2.45, 2.75) is 169 Å². The van der Waals surface area contributed by atoms with Crippen LogP contribution in [0, 0.1) is 11.3 Å². The molecule has 0 aliphatic rings. The molecule has 0 saturated carbocycles. The highest BCUT2D eigenvalue weighted by molar-refractivity contribution is 6.01. The first-order valence-corrected chi connectivity index (χ1v) is 21.9. The van der Waals surface area contributed by atoms with E-state index in [4.69, 9.17) is 9.97 Å². The topological polar surface area (TPSA) is 62.3 Å². The zero-order valence-electron chi connectivity index (χ0n) is 36.0. The Labute approximate surface area is 360 Å². The Morgan fingerprint density at radius 3 is 1.49 bits per heavy atom. The first-order valence-electron chi connectivity index (χ1n) is 21.9. The van der Waals surface area contributed by atoms with Crippen LogP contribution in [0.2, 0.25) is 0 Å². The molecule has 0 fully saturated rings. The molecule has 6 aromatic rings. The molecule has 0 atom stereocenters. The van der Waals surface area contributed by atoms with Gasteiger partial charge >= 0.3 is 0 Å². The van der Waals surface area contributed by atoms with Crippen LogP contribution >= 0.6 is 0 Å². The predicted molar refractivity (Wildman–Crippen MR) is 234 cm³/mol. The lowest BCUT2D eigenvalue weighted by molar-refractivity contribution is -0.660. The molecular formula is C50H67IN6. The Morgan fingerprint density at radius 2 is 1.02 bits per heavy atom. The number of fused-ring (bicyclic) bond motifs is 4. The number of hydrogen-bond acceptors (Lipinski definition) is 3. The minimum Gasteiger partial charge on any atom is -1.00 e. The summed E-state index contributed by atoms with van der Waals surface area (Å²) in [5, 5.41) is 10.9. The average Bonchev–Trinajstić information content (AvgIpc) is 3.87. The molecule has 0 amide bonds. The molecule has 6 nitrogen and oxygen atoms in total. The van der Waals surface area contributed by atoms with Gasteiger partial charge in [0.25, 0.3) is 11.2 Å². The van der Waals surface area contributed by atoms with Crippen molar-refractivity contribution >= 4 is 22.3 Å². The summed E-state index contributed by atoms with van der Waals surface area (Å²) in [6.45, 7) is 16.6. The van der Waals surface area contributed by atoms with E-state index in [0.29, 0.717) is 5.69 Å². The zero-order chi connectivity index (χ0) is 39.7. The van der Waals surface area contributed by atoms with Crippen LogP contribution in [0.4, 0.5) is 0 Å². The highest BCUT2D eigenvalue weighted by atomic mass is 127. The summed E-state index contributed by atoms with van der Waals surface area (Å²) in [4.78, 5) is 9.91. The van der Waals surface area contributed by atoms with Crippen LogP contribution in [0.1, 0.15) is 168 Å². The lowest BCUT2D eigenvalue weighted by atomic mass is 9.86. The van der Waals surface area contributed by atoms with Crippen LogP contribution < -0.4 is 28.5 Å². The molecule has 0 unspecified atom stereocenters. The first kappa shape index (κ1) is 44.3. The fraction of sp³-hybridized carbons (Fsp3) is 0.520.